The molecule has 1 aliphatic rings. The summed E-state index contributed by atoms with van der Waals surface area (Å²) in [5.41, 5.74) is 2.34. The van der Waals surface area contributed by atoms with Crippen LogP contribution < -0.4 is 5.32 Å². The molecule has 0 amide bonds. The Balaban J connectivity index is 1.49. The third kappa shape index (κ3) is 3.00. The number of fused-ring (bicyclic) bond motifs is 1. The van der Waals surface area contributed by atoms with Crippen molar-refractivity contribution in [1.29, 1.82) is 0 Å². The van der Waals surface area contributed by atoms with Crippen molar-refractivity contribution in [2.24, 2.45) is 0 Å². The fourth-order valence-electron chi connectivity index (χ4n) is 3.06. The molecule has 1 N–H and O–H groups in total. The van der Waals surface area contributed by atoms with Gasteiger partial charge in [-0.05, 0) is 18.1 Å². The van der Waals surface area contributed by atoms with Crippen molar-refractivity contribution in [2.75, 3.05) is 0 Å². The van der Waals surface area contributed by atoms with Gasteiger partial charge in [0.1, 0.15) is 5.82 Å². The molecule has 116 valence electrons. The second-order valence-corrected chi connectivity index (χ2v) is 5.89. The van der Waals surface area contributed by atoms with Gasteiger partial charge in [0.25, 0.3) is 0 Å². The van der Waals surface area contributed by atoms with Crippen LogP contribution in [0.4, 0.5) is 0 Å². The smallest absolute Gasteiger partial charge is 0.164 e. The summed E-state index contributed by atoms with van der Waals surface area (Å²) in [6, 6.07) is 14.8. The summed E-state index contributed by atoms with van der Waals surface area (Å²) in [6.07, 6.45) is 5.77. The van der Waals surface area contributed by atoms with E-state index >= 15 is 0 Å². The molecule has 0 spiro atoms. The van der Waals surface area contributed by atoms with E-state index in [1.165, 1.54) is 5.56 Å². The molecule has 3 heterocycles. The number of benzene rings is 1. The fourth-order valence-corrected chi connectivity index (χ4v) is 3.06. The van der Waals surface area contributed by atoms with Gasteiger partial charge in [0.2, 0.25) is 0 Å². The second-order valence-electron chi connectivity index (χ2n) is 5.89. The number of hydrogen-bond acceptors (Lipinski definition) is 4. The molecule has 0 fully saturated rings. The van der Waals surface area contributed by atoms with Gasteiger partial charge in [0, 0.05) is 43.5 Å². The second kappa shape index (κ2) is 6.30. The van der Waals surface area contributed by atoms with Crippen LogP contribution in [0.1, 0.15) is 17.8 Å². The Morgan fingerprint density at radius 3 is 2.83 bits per heavy atom. The van der Waals surface area contributed by atoms with E-state index in [0.29, 0.717) is 6.04 Å². The molecule has 1 atom stereocenters. The summed E-state index contributed by atoms with van der Waals surface area (Å²) >= 11 is 0. The molecule has 0 radical (unpaired) electrons. The Hall–Kier alpha value is -2.53. The third-order valence-corrected chi connectivity index (χ3v) is 4.30. The lowest BCUT2D eigenvalue weighted by molar-refractivity contribution is 0.380. The van der Waals surface area contributed by atoms with Crippen molar-refractivity contribution in [2.45, 2.75) is 32.0 Å². The predicted molar refractivity (Wildman–Crippen MR) is 88.6 cm³/mol. The maximum atomic E-state index is 4.40. The van der Waals surface area contributed by atoms with E-state index in [1.54, 1.807) is 6.20 Å². The van der Waals surface area contributed by atoms with Gasteiger partial charge in [-0.15, -0.1) is 10.2 Å². The average Bonchev–Trinajstić information content (AvgIpc) is 3.05. The zero-order chi connectivity index (χ0) is 15.5. The number of aryl methyl sites for hydroxylation is 1. The minimum Gasteiger partial charge on any atom is -0.309 e. The molecule has 1 aromatic carbocycles. The van der Waals surface area contributed by atoms with Crippen molar-refractivity contribution >= 4 is 0 Å². The van der Waals surface area contributed by atoms with Crippen LogP contribution in [0.3, 0.4) is 0 Å². The lowest BCUT2D eigenvalue weighted by Crippen LogP contribution is -2.37. The normalized spacial score (nSPS) is 17.0. The third-order valence-electron chi connectivity index (χ3n) is 4.30. The molecular formula is C18H19N5. The monoisotopic (exact) mass is 305 g/mol. The summed E-state index contributed by atoms with van der Waals surface area (Å²) in [6.45, 7) is 1.75. The summed E-state index contributed by atoms with van der Waals surface area (Å²) in [5.74, 6) is 2.05. The number of nitrogens with zero attached hydrogens (tertiary/aromatic N) is 4. The lowest BCUT2D eigenvalue weighted by atomic mass is 10.1. The molecule has 0 saturated heterocycles. The van der Waals surface area contributed by atoms with Crippen molar-refractivity contribution in [3.63, 3.8) is 0 Å². The van der Waals surface area contributed by atoms with Crippen LogP contribution in [0.2, 0.25) is 0 Å². The fraction of sp³-hybridized carbons (Fsp3) is 0.278. The van der Waals surface area contributed by atoms with Crippen LogP contribution in [0.5, 0.6) is 0 Å². The van der Waals surface area contributed by atoms with E-state index in [4.69, 9.17) is 0 Å². The minimum atomic E-state index is 0.432. The van der Waals surface area contributed by atoms with Gasteiger partial charge < -0.3 is 9.88 Å². The number of rotatable bonds is 4. The highest BCUT2D eigenvalue weighted by Crippen LogP contribution is 2.23. The summed E-state index contributed by atoms with van der Waals surface area (Å²) in [7, 11) is 0. The zero-order valence-corrected chi connectivity index (χ0v) is 12.9. The SMILES string of the molecule is c1ccc(-c2nnc3n2C[C@H](NCc2cccnc2)CC3)cc1. The Morgan fingerprint density at radius 1 is 1.09 bits per heavy atom. The molecule has 5 heteroatoms. The van der Waals surface area contributed by atoms with Crippen LogP contribution in [0.15, 0.2) is 54.9 Å². The Kier molecular flexibility index (Phi) is 3.86. The van der Waals surface area contributed by atoms with E-state index in [9.17, 15) is 0 Å². The maximum Gasteiger partial charge on any atom is 0.164 e. The van der Waals surface area contributed by atoms with E-state index < -0.39 is 0 Å². The molecule has 4 rings (SSSR count). The number of aromatic nitrogens is 4. The highest BCUT2D eigenvalue weighted by molar-refractivity contribution is 5.55. The molecule has 0 saturated carbocycles. The highest BCUT2D eigenvalue weighted by Gasteiger charge is 2.23. The first kappa shape index (κ1) is 14.1. The topological polar surface area (TPSA) is 55.6 Å². The molecule has 0 bridgehead atoms. The quantitative estimate of drug-likeness (QED) is 0.804. The molecule has 0 aliphatic carbocycles. The summed E-state index contributed by atoms with van der Waals surface area (Å²) < 4.78 is 2.25. The van der Waals surface area contributed by atoms with Crippen LogP contribution >= 0.6 is 0 Å². The molecule has 3 aromatic rings. The van der Waals surface area contributed by atoms with E-state index in [-0.39, 0.29) is 0 Å². The summed E-state index contributed by atoms with van der Waals surface area (Å²) in [5, 5.41) is 12.4. The molecular weight excluding hydrogens is 286 g/mol. The van der Waals surface area contributed by atoms with Gasteiger partial charge in [-0.2, -0.15) is 0 Å². The molecule has 0 unspecified atom stereocenters. The zero-order valence-electron chi connectivity index (χ0n) is 12.9. The first-order valence-electron chi connectivity index (χ1n) is 8.00. The maximum absolute atomic E-state index is 4.40. The van der Waals surface area contributed by atoms with Gasteiger partial charge in [0.05, 0.1) is 0 Å². The molecule has 1 aliphatic heterocycles. The predicted octanol–water partition coefficient (Wildman–Crippen LogP) is 2.44. The van der Waals surface area contributed by atoms with Gasteiger partial charge in [-0.3, -0.25) is 4.98 Å². The Labute approximate surface area is 135 Å². The first-order valence-corrected chi connectivity index (χ1v) is 8.00. The van der Waals surface area contributed by atoms with Crippen molar-refractivity contribution < 1.29 is 0 Å². The largest absolute Gasteiger partial charge is 0.309 e. The van der Waals surface area contributed by atoms with Crippen molar-refractivity contribution in [1.82, 2.24) is 25.1 Å². The van der Waals surface area contributed by atoms with Gasteiger partial charge in [-0.25, -0.2) is 0 Å². The standard InChI is InChI=1S/C18H19N5/c1-2-6-15(7-3-1)18-22-21-17-9-8-16(13-23(17)18)20-12-14-5-4-10-19-11-14/h1-7,10-11,16,20H,8-9,12-13H2/t16-/m1/s1. The van der Waals surface area contributed by atoms with Gasteiger partial charge in [0.15, 0.2) is 5.82 Å². The molecule has 5 nitrogen and oxygen atoms in total. The minimum absolute atomic E-state index is 0.432. The Bertz CT molecular complexity index is 767. The lowest BCUT2D eigenvalue weighted by Gasteiger charge is -2.25. The number of pyridine rings is 1. The van der Waals surface area contributed by atoms with Gasteiger partial charge >= 0.3 is 0 Å². The van der Waals surface area contributed by atoms with Gasteiger partial charge in [-0.1, -0.05) is 36.4 Å². The van der Waals surface area contributed by atoms with Crippen LogP contribution in [0.25, 0.3) is 11.4 Å². The number of hydrogen-bond donors (Lipinski definition) is 1. The van der Waals surface area contributed by atoms with E-state index in [2.05, 4.69) is 43.3 Å². The first-order chi connectivity index (χ1) is 11.4. The van der Waals surface area contributed by atoms with Crippen molar-refractivity contribution in [3.05, 3.63) is 66.2 Å². The molecule has 2 aromatic heterocycles. The molecule has 23 heavy (non-hydrogen) atoms. The van der Waals surface area contributed by atoms with Crippen LogP contribution in [-0.2, 0) is 19.5 Å². The Morgan fingerprint density at radius 2 is 2.00 bits per heavy atom. The van der Waals surface area contributed by atoms with Crippen LogP contribution in [-0.4, -0.2) is 25.8 Å². The van der Waals surface area contributed by atoms with Crippen LogP contribution in [0, 0.1) is 0 Å². The number of nitrogens with one attached hydrogen (secondary N) is 1. The summed E-state index contributed by atoms with van der Waals surface area (Å²) in [4.78, 5) is 4.16. The highest BCUT2D eigenvalue weighted by atomic mass is 15.3. The van der Waals surface area contributed by atoms with E-state index in [0.717, 1.165) is 43.1 Å². The van der Waals surface area contributed by atoms with Crippen molar-refractivity contribution in [3.8, 4) is 11.4 Å². The van der Waals surface area contributed by atoms with E-state index in [1.807, 2.05) is 30.5 Å². The average molecular weight is 305 g/mol.